The molecule has 1 aliphatic rings. The third kappa shape index (κ3) is 3.44. The van der Waals surface area contributed by atoms with Crippen LogP contribution in [-0.4, -0.2) is 30.3 Å². The highest BCUT2D eigenvalue weighted by molar-refractivity contribution is 5.67. The second-order valence-electron chi connectivity index (χ2n) is 4.53. The number of hydrogen-bond donors (Lipinski definition) is 0. The van der Waals surface area contributed by atoms with Gasteiger partial charge in [-0.2, -0.15) is 5.26 Å². The SMILES string of the molecule is N#C[C@@H]1CCN(C(=O)OCc2ccccc2)C[C@H]1F. The minimum Gasteiger partial charge on any atom is -0.445 e. The Balaban J connectivity index is 1.83. The van der Waals surface area contributed by atoms with Crippen molar-refractivity contribution in [2.75, 3.05) is 13.1 Å². The van der Waals surface area contributed by atoms with Crippen LogP contribution in [0.25, 0.3) is 0 Å². The van der Waals surface area contributed by atoms with Gasteiger partial charge in [0.2, 0.25) is 0 Å². The highest BCUT2D eigenvalue weighted by atomic mass is 19.1. The first kappa shape index (κ1) is 13.3. The molecule has 0 aliphatic carbocycles. The molecule has 5 heteroatoms. The van der Waals surface area contributed by atoms with Gasteiger partial charge < -0.3 is 9.64 Å². The second-order valence-corrected chi connectivity index (χ2v) is 4.53. The van der Waals surface area contributed by atoms with Gasteiger partial charge in [0.25, 0.3) is 0 Å². The van der Waals surface area contributed by atoms with E-state index in [1.807, 2.05) is 36.4 Å². The number of nitrogens with zero attached hydrogens (tertiary/aromatic N) is 2. The van der Waals surface area contributed by atoms with Crippen molar-refractivity contribution in [2.45, 2.75) is 19.2 Å². The first-order valence-corrected chi connectivity index (χ1v) is 6.20. The summed E-state index contributed by atoms with van der Waals surface area (Å²) in [5.74, 6) is -0.613. The van der Waals surface area contributed by atoms with E-state index in [9.17, 15) is 9.18 Å². The van der Waals surface area contributed by atoms with Crippen LogP contribution in [0.5, 0.6) is 0 Å². The monoisotopic (exact) mass is 262 g/mol. The Hall–Kier alpha value is -2.09. The highest BCUT2D eigenvalue weighted by Crippen LogP contribution is 2.20. The summed E-state index contributed by atoms with van der Waals surface area (Å²) in [6, 6.07) is 11.2. The quantitative estimate of drug-likeness (QED) is 0.822. The number of likely N-dealkylation sites (tertiary alicyclic amines) is 1. The summed E-state index contributed by atoms with van der Waals surface area (Å²) in [7, 11) is 0. The predicted molar refractivity (Wildman–Crippen MR) is 66.8 cm³/mol. The van der Waals surface area contributed by atoms with E-state index in [1.54, 1.807) is 0 Å². The molecule has 1 heterocycles. The maximum absolute atomic E-state index is 13.6. The van der Waals surface area contributed by atoms with E-state index in [4.69, 9.17) is 10.00 Å². The summed E-state index contributed by atoms with van der Waals surface area (Å²) in [5, 5.41) is 8.71. The smallest absolute Gasteiger partial charge is 0.410 e. The van der Waals surface area contributed by atoms with Crippen LogP contribution in [0, 0.1) is 17.2 Å². The van der Waals surface area contributed by atoms with E-state index in [0.29, 0.717) is 13.0 Å². The number of rotatable bonds is 2. The molecule has 2 atom stereocenters. The van der Waals surface area contributed by atoms with Crippen LogP contribution in [0.1, 0.15) is 12.0 Å². The van der Waals surface area contributed by atoms with Crippen molar-refractivity contribution < 1.29 is 13.9 Å². The summed E-state index contributed by atoms with van der Waals surface area (Å²) in [5.41, 5.74) is 0.888. The number of ether oxygens (including phenoxy) is 1. The molecule has 0 saturated carbocycles. The molecular weight excluding hydrogens is 247 g/mol. The van der Waals surface area contributed by atoms with Gasteiger partial charge in [0.15, 0.2) is 0 Å². The zero-order valence-electron chi connectivity index (χ0n) is 10.5. The number of hydrogen-bond acceptors (Lipinski definition) is 3. The van der Waals surface area contributed by atoms with Gasteiger partial charge in [-0.15, -0.1) is 0 Å². The molecule has 0 N–H and O–H groups in total. The van der Waals surface area contributed by atoms with E-state index in [-0.39, 0.29) is 13.2 Å². The summed E-state index contributed by atoms with van der Waals surface area (Å²) in [6.45, 7) is 0.479. The minimum absolute atomic E-state index is 0.0636. The van der Waals surface area contributed by atoms with E-state index in [2.05, 4.69) is 0 Å². The molecule has 0 aromatic heterocycles. The van der Waals surface area contributed by atoms with Crippen LogP contribution in [0.2, 0.25) is 0 Å². The molecule has 4 nitrogen and oxygen atoms in total. The zero-order chi connectivity index (χ0) is 13.7. The number of benzene rings is 1. The van der Waals surface area contributed by atoms with E-state index in [0.717, 1.165) is 5.56 Å². The maximum atomic E-state index is 13.6. The molecule has 0 unspecified atom stereocenters. The van der Waals surface area contributed by atoms with Crippen LogP contribution < -0.4 is 0 Å². The topological polar surface area (TPSA) is 53.3 Å². The molecule has 100 valence electrons. The second kappa shape index (κ2) is 6.19. The van der Waals surface area contributed by atoms with E-state index >= 15 is 0 Å². The largest absolute Gasteiger partial charge is 0.445 e. The summed E-state index contributed by atoms with van der Waals surface area (Å²) in [6.07, 6.45) is -1.45. The van der Waals surface area contributed by atoms with Gasteiger partial charge in [-0.3, -0.25) is 0 Å². The van der Waals surface area contributed by atoms with Crippen LogP contribution in [0.15, 0.2) is 30.3 Å². The van der Waals surface area contributed by atoms with Gasteiger partial charge in [0, 0.05) is 6.54 Å². The van der Waals surface area contributed by atoms with Crippen LogP contribution in [0.4, 0.5) is 9.18 Å². The van der Waals surface area contributed by atoms with Crippen molar-refractivity contribution in [2.24, 2.45) is 5.92 Å². The molecule has 0 radical (unpaired) electrons. The van der Waals surface area contributed by atoms with Crippen molar-refractivity contribution in [3.05, 3.63) is 35.9 Å². The fourth-order valence-corrected chi connectivity index (χ4v) is 2.03. The Morgan fingerprint density at radius 1 is 1.47 bits per heavy atom. The molecule has 2 rings (SSSR count). The van der Waals surface area contributed by atoms with Gasteiger partial charge >= 0.3 is 6.09 Å². The first-order valence-electron chi connectivity index (χ1n) is 6.20. The molecule has 0 spiro atoms. The Bertz CT molecular complexity index is 472. The lowest BCUT2D eigenvalue weighted by atomic mass is 9.97. The van der Waals surface area contributed by atoms with E-state index in [1.165, 1.54) is 4.90 Å². The lowest BCUT2D eigenvalue weighted by Crippen LogP contribution is -2.44. The lowest BCUT2D eigenvalue weighted by molar-refractivity contribution is 0.0617. The molecule has 1 aromatic rings. The number of nitriles is 1. The number of alkyl halides is 1. The lowest BCUT2D eigenvalue weighted by Gasteiger charge is -2.30. The standard InChI is InChI=1S/C14H15FN2O2/c15-13-9-17(7-6-12(13)8-16)14(18)19-10-11-4-2-1-3-5-11/h1-5,12-13H,6-7,9-10H2/t12-,13+/m0/s1. The van der Waals surface area contributed by atoms with Gasteiger partial charge in [-0.05, 0) is 12.0 Å². The predicted octanol–water partition coefficient (Wildman–Crippen LogP) is 2.51. The minimum atomic E-state index is -1.29. The van der Waals surface area contributed by atoms with Crippen LogP contribution >= 0.6 is 0 Å². The maximum Gasteiger partial charge on any atom is 0.410 e. The van der Waals surface area contributed by atoms with Crippen molar-refractivity contribution in [3.63, 3.8) is 0 Å². The van der Waals surface area contributed by atoms with Gasteiger partial charge in [-0.1, -0.05) is 30.3 Å². The van der Waals surface area contributed by atoms with Crippen LogP contribution in [0.3, 0.4) is 0 Å². The average molecular weight is 262 g/mol. The highest BCUT2D eigenvalue weighted by Gasteiger charge is 2.32. The number of piperidine rings is 1. The summed E-state index contributed by atoms with van der Waals surface area (Å²) < 4.78 is 18.7. The Morgan fingerprint density at radius 3 is 2.84 bits per heavy atom. The first-order chi connectivity index (χ1) is 9.20. The zero-order valence-corrected chi connectivity index (χ0v) is 10.5. The van der Waals surface area contributed by atoms with Crippen LogP contribution in [-0.2, 0) is 11.3 Å². The number of carbonyl (C=O) groups is 1. The molecule has 1 amide bonds. The van der Waals surface area contributed by atoms with Crippen molar-refractivity contribution in [3.8, 4) is 6.07 Å². The Kier molecular flexibility index (Phi) is 4.35. The van der Waals surface area contributed by atoms with Crippen molar-refractivity contribution in [1.82, 2.24) is 4.90 Å². The molecule has 1 fully saturated rings. The Morgan fingerprint density at radius 2 is 2.21 bits per heavy atom. The number of amides is 1. The molecule has 1 aliphatic heterocycles. The van der Waals surface area contributed by atoms with Gasteiger partial charge in [0.05, 0.1) is 18.5 Å². The number of carbonyl (C=O) groups excluding carboxylic acids is 1. The molecule has 19 heavy (non-hydrogen) atoms. The van der Waals surface area contributed by atoms with Crippen molar-refractivity contribution in [1.29, 1.82) is 5.26 Å². The van der Waals surface area contributed by atoms with Gasteiger partial charge in [0.1, 0.15) is 12.8 Å². The van der Waals surface area contributed by atoms with Gasteiger partial charge in [-0.25, -0.2) is 9.18 Å². The third-order valence-corrected chi connectivity index (χ3v) is 3.17. The fraction of sp³-hybridized carbons (Fsp3) is 0.429. The number of halogens is 1. The molecule has 1 aromatic carbocycles. The molecular formula is C14H15FN2O2. The van der Waals surface area contributed by atoms with E-state index < -0.39 is 18.2 Å². The summed E-state index contributed by atoms with van der Waals surface area (Å²) in [4.78, 5) is 13.1. The summed E-state index contributed by atoms with van der Waals surface area (Å²) >= 11 is 0. The average Bonchev–Trinajstić information content (AvgIpc) is 2.45. The molecule has 0 bridgehead atoms. The normalized spacial score (nSPS) is 22.6. The Labute approximate surface area is 111 Å². The molecule has 1 saturated heterocycles. The third-order valence-electron chi connectivity index (χ3n) is 3.17. The fourth-order valence-electron chi connectivity index (χ4n) is 2.03. The van der Waals surface area contributed by atoms with Crippen molar-refractivity contribution >= 4 is 6.09 Å².